The maximum absolute atomic E-state index is 12.0. The van der Waals surface area contributed by atoms with Crippen LogP contribution in [0.4, 0.5) is 22.3 Å². The van der Waals surface area contributed by atoms with Crippen LogP contribution in [0.1, 0.15) is 57.1 Å². The average Bonchev–Trinajstić information content (AvgIpc) is 3.25. The second-order valence-electron chi connectivity index (χ2n) is 9.17. The molecule has 10 heteroatoms. The van der Waals surface area contributed by atoms with Gasteiger partial charge in [-0.05, 0) is 81.4 Å². The Morgan fingerprint density at radius 1 is 1.09 bits per heavy atom. The van der Waals surface area contributed by atoms with Crippen LogP contribution in [0.15, 0.2) is 33.3 Å². The number of anilines is 2. The summed E-state index contributed by atoms with van der Waals surface area (Å²) in [6.07, 6.45) is 7.17. The van der Waals surface area contributed by atoms with E-state index in [4.69, 9.17) is 4.98 Å². The predicted octanol–water partition coefficient (Wildman–Crippen LogP) is 6.72. The Kier molecular flexibility index (Phi) is 7.70. The molecular formula is C25H34N6O2S2. The summed E-state index contributed by atoms with van der Waals surface area (Å²) in [5, 5.41) is 14.2. The van der Waals surface area contributed by atoms with Crippen molar-refractivity contribution in [1.82, 2.24) is 9.36 Å². The lowest BCUT2D eigenvalue weighted by Gasteiger charge is -2.28. The molecule has 2 aromatic heterocycles. The highest BCUT2D eigenvalue weighted by Gasteiger charge is 2.21. The van der Waals surface area contributed by atoms with Gasteiger partial charge in [0.2, 0.25) is 0 Å². The van der Waals surface area contributed by atoms with E-state index in [1.807, 2.05) is 0 Å². The van der Waals surface area contributed by atoms with Gasteiger partial charge in [0.05, 0.1) is 10.4 Å². The molecule has 1 aliphatic carbocycles. The van der Waals surface area contributed by atoms with Crippen molar-refractivity contribution in [1.29, 1.82) is 0 Å². The van der Waals surface area contributed by atoms with Crippen LogP contribution in [0, 0.1) is 13.8 Å². The van der Waals surface area contributed by atoms with E-state index in [1.54, 1.807) is 18.2 Å². The summed E-state index contributed by atoms with van der Waals surface area (Å²) in [7, 11) is -3.33. The van der Waals surface area contributed by atoms with Gasteiger partial charge in [0.25, 0.3) is 0 Å². The number of fused-ring (bicyclic) bond motifs is 1. The summed E-state index contributed by atoms with van der Waals surface area (Å²) in [5.41, 5.74) is 3.56. The SMILES string of the molecule is CCN(CC)c1nc(NC2CCCCC2)c(N=Nc2snc3ccc(S(C)(=O)=O)cc23)c(C)c1C. The number of hydrogen-bond donors (Lipinski definition) is 1. The van der Waals surface area contributed by atoms with Gasteiger partial charge in [0, 0.05) is 30.8 Å². The molecule has 8 nitrogen and oxygen atoms in total. The van der Waals surface area contributed by atoms with Gasteiger partial charge in [0.15, 0.2) is 20.7 Å². The largest absolute Gasteiger partial charge is 0.365 e. The van der Waals surface area contributed by atoms with Crippen molar-refractivity contribution >= 4 is 54.6 Å². The van der Waals surface area contributed by atoms with E-state index in [0.29, 0.717) is 21.9 Å². The molecule has 0 aliphatic heterocycles. The molecule has 0 saturated heterocycles. The lowest BCUT2D eigenvalue weighted by Crippen LogP contribution is -2.26. The number of aromatic nitrogens is 2. The van der Waals surface area contributed by atoms with Gasteiger partial charge in [-0.25, -0.2) is 13.4 Å². The van der Waals surface area contributed by atoms with Gasteiger partial charge >= 0.3 is 0 Å². The number of nitrogens with one attached hydrogen (secondary N) is 1. The summed E-state index contributed by atoms with van der Waals surface area (Å²) >= 11 is 1.21. The van der Waals surface area contributed by atoms with Crippen molar-refractivity contribution in [2.75, 3.05) is 29.6 Å². The third-order valence-corrected chi connectivity index (χ3v) is 8.67. The highest BCUT2D eigenvalue weighted by molar-refractivity contribution is 7.90. The van der Waals surface area contributed by atoms with Gasteiger partial charge < -0.3 is 10.2 Å². The fourth-order valence-electron chi connectivity index (χ4n) is 4.57. The topological polar surface area (TPSA) is 99.9 Å². The first-order valence-electron chi connectivity index (χ1n) is 12.3. The number of rotatable bonds is 8. The predicted molar refractivity (Wildman–Crippen MR) is 145 cm³/mol. The molecular weight excluding hydrogens is 480 g/mol. The minimum atomic E-state index is -3.33. The van der Waals surface area contributed by atoms with Gasteiger partial charge in [-0.1, -0.05) is 19.3 Å². The van der Waals surface area contributed by atoms with E-state index in [-0.39, 0.29) is 4.90 Å². The molecule has 3 aromatic rings. The first-order valence-corrected chi connectivity index (χ1v) is 14.9. The van der Waals surface area contributed by atoms with E-state index in [0.717, 1.165) is 54.4 Å². The second-order valence-corrected chi connectivity index (χ2v) is 11.9. The van der Waals surface area contributed by atoms with Crippen LogP contribution >= 0.6 is 11.5 Å². The number of hydrogen-bond acceptors (Lipinski definition) is 9. The highest BCUT2D eigenvalue weighted by Crippen LogP contribution is 2.39. The Morgan fingerprint density at radius 3 is 2.46 bits per heavy atom. The second kappa shape index (κ2) is 10.6. The maximum Gasteiger partial charge on any atom is 0.175 e. The molecule has 0 radical (unpaired) electrons. The fourth-order valence-corrected chi connectivity index (χ4v) is 5.90. The minimum Gasteiger partial charge on any atom is -0.365 e. The first kappa shape index (κ1) is 25.5. The normalized spacial score (nSPS) is 15.2. The van der Waals surface area contributed by atoms with E-state index in [9.17, 15) is 8.42 Å². The molecule has 0 bridgehead atoms. The number of nitrogens with zero attached hydrogens (tertiary/aromatic N) is 5. The van der Waals surface area contributed by atoms with Gasteiger partial charge in [0.1, 0.15) is 11.5 Å². The Balaban J connectivity index is 1.78. The Hall–Kier alpha value is -2.59. The van der Waals surface area contributed by atoms with E-state index in [2.05, 4.69) is 52.5 Å². The molecule has 35 heavy (non-hydrogen) atoms. The van der Waals surface area contributed by atoms with E-state index >= 15 is 0 Å². The number of azo groups is 1. The molecule has 1 aromatic carbocycles. The van der Waals surface area contributed by atoms with Crippen molar-refractivity contribution < 1.29 is 8.42 Å². The van der Waals surface area contributed by atoms with Crippen LogP contribution in [0.25, 0.3) is 10.9 Å². The van der Waals surface area contributed by atoms with Gasteiger partial charge in [-0.3, -0.25) is 0 Å². The van der Waals surface area contributed by atoms with Crippen LogP contribution in [-0.2, 0) is 9.84 Å². The average molecular weight is 515 g/mol. The summed E-state index contributed by atoms with van der Waals surface area (Å²) < 4.78 is 28.5. The quantitative estimate of drug-likeness (QED) is 0.335. The molecule has 4 rings (SSSR count). The fraction of sp³-hybridized carbons (Fsp3) is 0.520. The summed E-state index contributed by atoms with van der Waals surface area (Å²) in [4.78, 5) is 7.56. The minimum absolute atomic E-state index is 0.249. The molecule has 0 amide bonds. The molecule has 1 N–H and O–H groups in total. The molecule has 1 fully saturated rings. The molecule has 0 unspecified atom stereocenters. The summed E-state index contributed by atoms with van der Waals surface area (Å²) in [6.45, 7) is 10.2. The lowest BCUT2D eigenvalue weighted by atomic mass is 9.95. The lowest BCUT2D eigenvalue weighted by molar-refractivity contribution is 0.462. The molecule has 2 heterocycles. The van der Waals surface area contributed by atoms with Gasteiger partial charge in [-0.2, -0.15) is 4.37 Å². The molecule has 0 spiro atoms. The van der Waals surface area contributed by atoms with Crippen LogP contribution < -0.4 is 10.2 Å². The zero-order valence-corrected chi connectivity index (χ0v) is 22.8. The Bertz CT molecular complexity index is 1340. The van der Waals surface area contributed by atoms with Crippen molar-refractivity contribution in [3.8, 4) is 0 Å². The summed E-state index contributed by atoms with van der Waals surface area (Å²) in [6, 6.07) is 5.29. The van der Waals surface area contributed by atoms with Crippen molar-refractivity contribution in [3.05, 3.63) is 29.3 Å². The molecule has 1 aliphatic rings. The van der Waals surface area contributed by atoms with E-state index in [1.165, 1.54) is 37.1 Å². The van der Waals surface area contributed by atoms with Crippen molar-refractivity contribution in [3.63, 3.8) is 0 Å². The Labute approximate surface area is 212 Å². The van der Waals surface area contributed by atoms with Crippen LogP contribution in [0.3, 0.4) is 0 Å². The maximum atomic E-state index is 12.0. The van der Waals surface area contributed by atoms with Crippen LogP contribution in [-0.4, -0.2) is 43.2 Å². The molecule has 0 atom stereocenters. The van der Waals surface area contributed by atoms with Gasteiger partial charge in [-0.15, -0.1) is 10.2 Å². The van der Waals surface area contributed by atoms with Crippen molar-refractivity contribution in [2.24, 2.45) is 10.2 Å². The highest BCUT2D eigenvalue weighted by atomic mass is 32.2. The first-order chi connectivity index (χ1) is 16.7. The number of benzene rings is 1. The number of pyridine rings is 1. The zero-order chi connectivity index (χ0) is 25.2. The van der Waals surface area contributed by atoms with Crippen molar-refractivity contribution in [2.45, 2.75) is 70.7 Å². The molecule has 188 valence electrons. The summed E-state index contributed by atoms with van der Waals surface area (Å²) in [5.74, 6) is 1.74. The van der Waals surface area contributed by atoms with Crippen LogP contribution in [0.2, 0.25) is 0 Å². The third kappa shape index (κ3) is 5.48. The smallest absolute Gasteiger partial charge is 0.175 e. The van der Waals surface area contributed by atoms with E-state index < -0.39 is 9.84 Å². The molecule has 1 saturated carbocycles. The standard InChI is InChI=1S/C25H34N6O2S2/c1-6-31(7-2)24-17(4)16(3)22(23(27-24)26-18-11-9-8-10-12-18)28-29-25-20-15-19(35(5,32)33)13-14-21(20)30-34-25/h13-15,18H,6-12H2,1-5H3,(H,26,27). The zero-order valence-electron chi connectivity index (χ0n) is 21.1. The van der Waals surface area contributed by atoms with Crippen LogP contribution in [0.5, 0.6) is 0 Å². The Morgan fingerprint density at radius 2 is 1.80 bits per heavy atom. The monoisotopic (exact) mass is 514 g/mol. The number of sulfone groups is 1. The third-order valence-electron chi connectivity index (χ3n) is 6.80.